The zero-order valence-electron chi connectivity index (χ0n) is 12.8. The van der Waals surface area contributed by atoms with Crippen molar-refractivity contribution in [3.05, 3.63) is 23.8 Å². The number of benzene rings is 1. The minimum Gasteiger partial charge on any atom is -0.369 e. The van der Waals surface area contributed by atoms with Crippen LogP contribution >= 0.6 is 0 Å². The highest BCUT2D eigenvalue weighted by molar-refractivity contribution is 5.91. The van der Waals surface area contributed by atoms with Gasteiger partial charge in [0.25, 0.3) is 0 Å². The van der Waals surface area contributed by atoms with Crippen LogP contribution in [0.15, 0.2) is 18.2 Å². The molecule has 1 N–H and O–H groups in total. The number of nitrogens with one attached hydrogen (secondary N) is 1. The smallest absolute Gasteiger partial charge is 0.224 e. The minimum absolute atomic E-state index is 0.0670. The number of carbonyl (C=O) groups excluding carboxylic acids is 1. The quantitative estimate of drug-likeness (QED) is 0.917. The maximum Gasteiger partial charge on any atom is 0.224 e. The van der Waals surface area contributed by atoms with E-state index in [4.69, 9.17) is 0 Å². The molecule has 1 aliphatic rings. The zero-order valence-corrected chi connectivity index (χ0v) is 12.8. The molecule has 1 fully saturated rings. The summed E-state index contributed by atoms with van der Waals surface area (Å²) >= 11 is 0. The first-order valence-electron chi connectivity index (χ1n) is 7.51. The average Bonchev–Trinajstić information content (AvgIpc) is 2.49. The highest BCUT2D eigenvalue weighted by Gasteiger charge is 2.16. The third kappa shape index (κ3) is 3.51. The Kier molecular flexibility index (Phi) is 5.01. The van der Waals surface area contributed by atoms with Gasteiger partial charge in [-0.25, -0.2) is 0 Å². The van der Waals surface area contributed by atoms with Crippen LogP contribution in [-0.2, 0) is 4.79 Å². The molecule has 0 saturated carbocycles. The molecule has 1 aromatic rings. The molecule has 1 saturated heterocycles. The van der Waals surface area contributed by atoms with E-state index in [1.54, 1.807) is 0 Å². The van der Waals surface area contributed by atoms with Crippen LogP contribution in [0.1, 0.15) is 25.8 Å². The highest BCUT2D eigenvalue weighted by atomic mass is 16.1. The van der Waals surface area contributed by atoms with Crippen molar-refractivity contribution in [1.29, 1.82) is 0 Å². The van der Waals surface area contributed by atoms with E-state index in [1.807, 2.05) is 13.0 Å². The molecule has 0 aromatic heterocycles. The van der Waals surface area contributed by atoms with E-state index in [1.165, 1.54) is 5.69 Å². The monoisotopic (exact) mass is 275 g/mol. The van der Waals surface area contributed by atoms with Crippen molar-refractivity contribution in [2.24, 2.45) is 0 Å². The van der Waals surface area contributed by atoms with Crippen LogP contribution in [0, 0.1) is 6.92 Å². The summed E-state index contributed by atoms with van der Waals surface area (Å²) in [6, 6.07) is 6.30. The Hall–Kier alpha value is -1.55. The fourth-order valence-corrected chi connectivity index (χ4v) is 2.55. The number of aryl methyl sites for hydroxylation is 1. The van der Waals surface area contributed by atoms with Gasteiger partial charge in [-0.1, -0.05) is 13.8 Å². The molecule has 1 aliphatic heterocycles. The van der Waals surface area contributed by atoms with Gasteiger partial charge in [-0.3, -0.25) is 4.79 Å². The second-order valence-electron chi connectivity index (χ2n) is 5.32. The van der Waals surface area contributed by atoms with Crippen LogP contribution in [0.25, 0.3) is 0 Å². The number of likely N-dealkylation sites (N-methyl/N-ethyl adjacent to an activating group) is 1. The summed E-state index contributed by atoms with van der Waals surface area (Å²) in [6.45, 7) is 11.7. The Bertz CT molecular complexity index is 465. The molecule has 4 heteroatoms. The van der Waals surface area contributed by atoms with Crippen LogP contribution in [0.2, 0.25) is 0 Å². The first-order chi connectivity index (χ1) is 9.63. The zero-order chi connectivity index (χ0) is 14.5. The first-order valence-corrected chi connectivity index (χ1v) is 7.51. The lowest BCUT2D eigenvalue weighted by Crippen LogP contribution is -2.46. The molecular formula is C16H25N3O. The van der Waals surface area contributed by atoms with Gasteiger partial charge in [-0.05, 0) is 37.2 Å². The molecule has 20 heavy (non-hydrogen) atoms. The standard InChI is InChI=1S/C16H25N3O/c1-4-16(20)17-15-7-6-14(12-13(15)3)19-10-8-18(5-2)9-11-19/h6-7,12H,4-5,8-11H2,1-3H3,(H,17,20). The third-order valence-corrected chi connectivity index (χ3v) is 3.99. The second kappa shape index (κ2) is 6.75. The van der Waals surface area contributed by atoms with E-state index in [2.05, 4.69) is 41.1 Å². The number of rotatable bonds is 4. The molecule has 0 aliphatic carbocycles. The summed E-state index contributed by atoms with van der Waals surface area (Å²) in [6.07, 6.45) is 0.514. The molecular weight excluding hydrogens is 250 g/mol. The molecule has 2 rings (SSSR count). The van der Waals surface area contributed by atoms with Gasteiger partial charge in [-0.2, -0.15) is 0 Å². The Morgan fingerprint density at radius 2 is 1.90 bits per heavy atom. The third-order valence-electron chi connectivity index (χ3n) is 3.99. The van der Waals surface area contributed by atoms with Crippen molar-refractivity contribution < 1.29 is 4.79 Å². The number of anilines is 2. The minimum atomic E-state index is 0.0670. The second-order valence-corrected chi connectivity index (χ2v) is 5.32. The topological polar surface area (TPSA) is 35.6 Å². The number of nitrogens with zero attached hydrogens (tertiary/aromatic N) is 2. The summed E-state index contributed by atoms with van der Waals surface area (Å²) in [5, 5.41) is 2.94. The number of piperazine rings is 1. The van der Waals surface area contributed by atoms with Crippen LogP contribution in [0.4, 0.5) is 11.4 Å². The number of amides is 1. The maximum absolute atomic E-state index is 11.5. The Labute approximate surface area is 121 Å². The molecule has 0 radical (unpaired) electrons. The lowest BCUT2D eigenvalue weighted by Gasteiger charge is -2.35. The SMILES string of the molecule is CCC(=O)Nc1ccc(N2CCN(CC)CC2)cc1C. The van der Waals surface area contributed by atoms with Crippen LogP contribution in [0.3, 0.4) is 0 Å². The predicted molar refractivity (Wildman–Crippen MR) is 84.4 cm³/mol. The van der Waals surface area contributed by atoms with E-state index in [0.717, 1.165) is 44.0 Å². The number of hydrogen-bond acceptors (Lipinski definition) is 3. The van der Waals surface area contributed by atoms with Crippen molar-refractivity contribution in [2.75, 3.05) is 42.9 Å². The number of carbonyl (C=O) groups is 1. The highest BCUT2D eigenvalue weighted by Crippen LogP contribution is 2.23. The van der Waals surface area contributed by atoms with Crippen molar-refractivity contribution in [3.8, 4) is 0 Å². The van der Waals surface area contributed by atoms with Gasteiger partial charge in [0.2, 0.25) is 5.91 Å². The average molecular weight is 275 g/mol. The first kappa shape index (κ1) is 14.9. The summed E-state index contributed by atoms with van der Waals surface area (Å²) in [5.41, 5.74) is 3.31. The molecule has 1 amide bonds. The Balaban J connectivity index is 2.04. The van der Waals surface area contributed by atoms with Gasteiger partial charge in [0.05, 0.1) is 0 Å². The van der Waals surface area contributed by atoms with Crippen molar-refractivity contribution in [1.82, 2.24) is 4.90 Å². The van der Waals surface area contributed by atoms with Gasteiger partial charge in [-0.15, -0.1) is 0 Å². The van der Waals surface area contributed by atoms with Crippen LogP contribution in [-0.4, -0.2) is 43.5 Å². The fraction of sp³-hybridized carbons (Fsp3) is 0.562. The van der Waals surface area contributed by atoms with E-state index in [0.29, 0.717) is 6.42 Å². The lowest BCUT2D eigenvalue weighted by molar-refractivity contribution is -0.115. The van der Waals surface area contributed by atoms with Gasteiger partial charge in [0, 0.05) is 44.0 Å². The van der Waals surface area contributed by atoms with Crippen molar-refractivity contribution >= 4 is 17.3 Å². The molecule has 1 aromatic carbocycles. The van der Waals surface area contributed by atoms with Crippen LogP contribution < -0.4 is 10.2 Å². The summed E-state index contributed by atoms with van der Waals surface area (Å²) in [7, 11) is 0. The summed E-state index contributed by atoms with van der Waals surface area (Å²) in [4.78, 5) is 16.4. The molecule has 4 nitrogen and oxygen atoms in total. The largest absolute Gasteiger partial charge is 0.369 e. The van der Waals surface area contributed by atoms with E-state index in [-0.39, 0.29) is 5.91 Å². The van der Waals surface area contributed by atoms with Crippen molar-refractivity contribution in [3.63, 3.8) is 0 Å². The van der Waals surface area contributed by atoms with E-state index < -0.39 is 0 Å². The van der Waals surface area contributed by atoms with Gasteiger partial charge < -0.3 is 15.1 Å². The molecule has 0 bridgehead atoms. The molecule has 0 unspecified atom stereocenters. The lowest BCUT2D eigenvalue weighted by atomic mass is 10.1. The fourth-order valence-electron chi connectivity index (χ4n) is 2.55. The van der Waals surface area contributed by atoms with Gasteiger partial charge in [0.15, 0.2) is 0 Å². The van der Waals surface area contributed by atoms with Gasteiger partial charge >= 0.3 is 0 Å². The summed E-state index contributed by atoms with van der Waals surface area (Å²) < 4.78 is 0. The Morgan fingerprint density at radius 1 is 1.20 bits per heavy atom. The molecule has 0 atom stereocenters. The summed E-state index contributed by atoms with van der Waals surface area (Å²) in [5.74, 6) is 0.0670. The predicted octanol–water partition coefficient (Wildman–Crippen LogP) is 2.49. The molecule has 0 spiro atoms. The van der Waals surface area contributed by atoms with Gasteiger partial charge in [0.1, 0.15) is 0 Å². The molecule has 110 valence electrons. The maximum atomic E-state index is 11.5. The van der Waals surface area contributed by atoms with E-state index in [9.17, 15) is 4.79 Å². The molecule has 1 heterocycles. The number of hydrogen-bond donors (Lipinski definition) is 1. The van der Waals surface area contributed by atoms with Crippen molar-refractivity contribution in [2.45, 2.75) is 27.2 Å². The van der Waals surface area contributed by atoms with Crippen LogP contribution in [0.5, 0.6) is 0 Å². The normalized spacial score (nSPS) is 16.2. The van der Waals surface area contributed by atoms with E-state index >= 15 is 0 Å². The Morgan fingerprint density at radius 3 is 2.45 bits per heavy atom.